The van der Waals surface area contributed by atoms with E-state index in [1.807, 2.05) is 6.92 Å². The summed E-state index contributed by atoms with van der Waals surface area (Å²) in [7, 11) is 0. The molecule has 1 aliphatic rings. The molecule has 2 rings (SSSR count). The second-order valence-corrected chi connectivity index (χ2v) is 7.00. The number of aliphatic carboxylic acids is 1. The highest BCUT2D eigenvalue weighted by atomic mass is 35.5. The summed E-state index contributed by atoms with van der Waals surface area (Å²) in [5.41, 5.74) is -0.892. The third kappa shape index (κ3) is 3.86. The molecule has 6 nitrogen and oxygen atoms in total. The largest absolute Gasteiger partial charge is 0.480 e. The Hall–Kier alpha value is -2.05. The first-order valence-corrected chi connectivity index (χ1v) is 8.89. The van der Waals surface area contributed by atoms with Gasteiger partial charge >= 0.3 is 5.97 Å². The summed E-state index contributed by atoms with van der Waals surface area (Å²) in [5.74, 6) is -2.01. The maximum Gasteiger partial charge on any atom is 0.322 e. The third-order valence-electron chi connectivity index (χ3n) is 4.22. The molecule has 0 radical (unpaired) electrons. The number of hydrogen-bond donors (Lipinski definition) is 2. The molecule has 1 aromatic carbocycles. The van der Waals surface area contributed by atoms with E-state index in [2.05, 4.69) is 11.9 Å². The highest BCUT2D eigenvalue weighted by Crippen LogP contribution is 2.45. The molecule has 0 bridgehead atoms. The molecule has 0 aromatic heterocycles. The number of amides is 1. The second-order valence-electron chi connectivity index (χ2n) is 5.97. The fourth-order valence-corrected chi connectivity index (χ4v) is 3.35. The van der Waals surface area contributed by atoms with Gasteiger partial charge in [0.15, 0.2) is 5.78 Å². The lowest BCUT2D eigenvalue weighted by molar-refractivity contribution is -0.146. The molecule has 2 N–H and O–H groups in total. The van der Waals surface area contributed by atoms with Gasteiger partial charge in [-0.3, -0.25) is 14.4 Å². The van der Waals surface area contributed by atoms with Gasteiger partial charge in [0.05, 0.1) is 16.3 Å². The van der Waals surface area contributed by atoms with Crippen molar-refractivity contribution in [3.8, 4) is 5.75 Å². The van der Waals surface area contributed by atoms with Crippen LogP contribution in [0.4, 0.5) is 0 Å². The van der Waals surface area contributed by atoms with Gasteiger partial charge in [0.1, 0.15) is 12.3 Å². The Morgan fingerprint density at radius 2 is 2.00 bits per heavy atom. The summed E-state index contributed by atoms with van der Waals surface area (Å²) in [5, 5.41) is 9.64. The van der Waals surface area contributed by atoms with Crippen molar-refractivity contribution in [2.24, 2.45) is 0 Å². The van der Waals surface area contributed by atoms with Gasteiger partial charge in [-0.05, 0) is 24.1 Å². The Bertz CT molecular complexity index is 751. The topological polar surface area (TPSA) is 92.7 Å². The molecule has 1 fully saturated rings. The molecule has 0 aliphatic heterocycles. The van der Waals surface area contributed by atoms with Crippen molar-refractivity contribution in [3.05, 3.63) is 42.0 Å². The Balaban J connectivity index is 2.33. The number of carbonyl (C=O) groups excluding carboxylic acids is 2. The number of Topliss-reactive ketones (excluding diaryl/α,β-unsaturated/α-hetero) is 1. The van der Waals surface area contributed by atoms with Crippen LogP contribution in [-0.2, 0) is 9.59 Å². The van der Waals surface area contributed by atoms with Crippen molar-refractivity contribution >= 4 is 40.9 Å². The minimum absolute atomic E-state index is 0.0887. The maximum absolute atomic E-state index is 12.5. The maximum atomic E-state index is 12.5. The van der Waals surface area contributed by atoms with Gasteiger partial charge in [-0.1, -0.05) is 25.6 Å². The number of alkyl halides is 2. The minimum atomic E-state index is -1.55. The van der Waals surface area contributed by atoms with Crippen molar-refractivity contribution < 1.29 is 24.2 Å². The van der Waals surface area contributed by atoms with Crippen LogP contribution in [0.3, 0.4) is 0 Å². The van der Waals surface area contributed by atoms with Crippen LogP contribution < -0.4 is 10.1 Å². The number of rotatable bonds is 8. The zero-order valence-corrected chi connectivity index (χ0v) is 15.6. The summed E-state index contributed by atoms with van der Waals surface area (Å²) in [6.07, 6.45) is 0.560. The van der Waals surface area contributed by atoms with Crippen LogP contribution in [0.5, 0.6) is 5.75 Å². The van der Waals surface area contributed by atoms with Crippen molar-refractivity contribution in [2.45, 2.75) is 36.1 Å². The number of carboxylic acid groups (broad SMARTS) is 1. The molecule has 1 saturated carbocycles. The van der Waals surface area contributed by atoms with Gasteiger partial charge in [0.25, 0.3) is 5.91 Å². The standard InChI is InChI=1S/C18H19Cl2NO5/c1-3-10(2)15(24)11-6-4-5-7-13(11)26-18(8-12(19)16(18)20)17(25)21-9-14(22)23/h4-7,12,16H,2-3,8-9H2,1H3,(H,21,25)(H,22,23). The van der Waals surface area contributed by atoms with Crippen LogP contribution in [0.25, 0.3) is 0 Å². The molecule has 3 atom stereocenters. The zero-order chi connectivity index (χ0) is 19.5. The lowest BCUT2D eigenvalue weighted by Gasteiger charge is -2.47. The average Bonchev–Trinajstić information content (AvgIpc) is 2.64. The number of carbonyl (C=O) groups is 3. The Morgan fingerprint density at radius 3 is 2.54 bits per heavy atom. The van der Waals surface area contributed by atoms with Crippen LogP contribution in [0.1, 0.15) is 30.1 Å². The third-order valence-corrected chi connectivity index (χ3v) is 5.41. The number of nitrogens with one attached hydrogen (secondary N) is 1. The van der Waals surface area contributed by atoms with Gasteiger partial charge in [-0.25, -0.2) is 0 Å². The minimum Gasteiger partial charge on any atom is -0.480 e. The first kappa shape index (κ1) is 20.3. The monoisotopic (exact) mass is 399 g/mol. The van der Waals surface area contributed by atoms with E-state index in [1.54, 1.807) is 24.3 Å². The van der Waals surface area contributed by atoms with Crippen LogP contribution in [-0.4, -0.2) is 45.7 Å². The first-order valence-electron chi connectivity index (χ1n) is 8.01. The van der Waals surface area contributed by atoms with E-state index in [0.29, 0.717) is 12.0 Å². The van der Waals surface area contributed by atoms with E-state index in [-0.39, 0.29) is 23.5 Å². The molecular weight excluding hydrogens is 381 g/mol. The molecule has 8 heteroatoms. The smallest absolute Gasteiger partial charge is 0.322 e. The number of carboxylic acids is 1. The van der Waals surface area contributed by atoms with E-state index < -0.39 is 34.8 Å². The van der Waals surface area contributed by atoms with E-state index in [4.69, 9.17) is 33.0 Å². The van der Waals surface area contributed by atoms with Crippen LogP contribution in [0, 0.1) is 0 Å². The highest BCUT2D eigenvalue weighted by molar-refractivity contribution is 6.34. The van der Waals surface area contributed by atoms with E-state index in [9.17, 15) is 14.4 Å². The number of benzene rings is 1. The Kier molecular flexibility index (Phi) is 6.31. The zero-order valence-electron chi connectivity index (χ0n) is 14.1. The summed E-state index contributed by atoms with van der Waals surface area (Å²) in [4.78, 5) is 35.8. The van der Waals surface area contributed by atoms with E-state index in [1.165, 1.54) is 0 Å². The number of ketones is 1. The number of para-hydroxylation sites is 1. The molecule has 1 aliphatic carbocycles. The van der Waals surface area contributed by atoms with Gasteiger partial charge in [0.2, 0.25) is 5.60 Å². The Morgan fingerprint density at radius 1 is 1.35 bits per heavy atom. The lowest BCUT2D eigenvalue weighted by Crippen LogP contribution is -2.68. The van der Waals surface area contributed by atoms with Gasteiger partial charge < -0.3 is 15.2 Å². The lowest BCUT2D eigenvalue weighted by atomic mass is 9.77. The van der Waals surface area contributed by atoms with Gasteiger partial charge in [0, 0.05) is 6.42 Å². The predicted molar refractivity (Wildman–Crippen MR) is 98.1 cm³/mol. The molecule has 3 unspecified atom stereocenters. The summed E-state index contributed by atoms with van der Waals surface area (Å²) < 4.78 is 5.88. The SMILES string of the molecule is C=C(CC)C(=O)c1ccccc1OC1(C(=O)NCC(=O)O)CC(Cl)C1Cl. The summed E-state index contributed by atoms with van der Waals surface area (Å²) >= 11 is 12.3. The van der Waals surface area contributed by atoms with E-state index >= 15 is 0 Å². The molecular formula is C18H19Cl2NO5. The predicted octanol–water partition coefficient (Wildman–Crippen LogP) is 2.77. The van der Waals surface area contributed by atoms with Gasteiger partial charge in [-0.2, -0.15) is 0 Å². The second kappa shape index (κ2) is 8.10. The van der Waals surface area contributed by atoms with Crippen LogP contribution in [0.2, 0.25) is 0 Å². The number of ether oxygens (including phenoxy) is 1. The number of hydrogen-bond acceptors (Lipinski definition) is 4. The molecule has 0 saturated heterocycles. The molecule has 0 heterocycles. The highest BCUT2D eigenvalue weighted by Gasteiger charge is 2.60. The van der Waals surface area contributed by atoms with Crippen molar-refractivity contribution in [1.29, 1.82) is 0 Å². The fourth-order valence-electron chi connectivity index (χ4n) is 2.60. The van der Waals surface area contributed by atoms with Crippen LogP contribution >= 0.6 is 23.2 Å². The number of halogens is 2. The van der Waals surface area contributed by atoms with E-state index in [0.717, 1.165) is 0 Å². The summed E-state index contributed by atoms with van der Waals surface area (Å²) in [6.45, 7) is 4.97. The first-order chi connectivity index (χ1) is 12.2. The number of allylic oxidation sites excluding steroid dienone is 1. The van der Waals surface area contributed by atoms with Crippen LogP contribution in [0.15, 0.2) is 36.4 Å². The molecule has 26 heavy (non-hydrogen) atoms. The van der Waals surface area contributed by atoms with Crippen molar-refractivity contribution in [2.75, 3.05) is 6.54 Å². The quantitative estimate of drug-likeness (QED) is 0.398. The average molecular weight is 400 g/mol. The Labute approximate surface area is 161 Å². The molecule has 1 aromatic rings. The normalized spacial score (nSPS) is 24.3. The molecule has 1 amide bonds. The van der Waals surface area contributed by atoms with Gasteiger partial charge in [-0.15, -0.1) is 23.2 Å². The van der Waals surface area contributed by atoms with Crippen molar-refractivity contribution in [1.82, 2.24) is 5.32 Å². The fraction of sp³-hybridized carbons (Fsp3) is 0.389. The summed E-state index contributed by atoms with van der Waals surface area (Å²) in [6, 6.07) is 6.45. The molecule has 0 spiro atoms. The van der Waals surface area contributed by atoms with Crippen molar-refractivity contribution in [3.63, 3.8) is 0 Å². The molecule has 140 valence electrons.